The second kappa shape index (κ2) is 6.38. The fraction of sp³-hybridized carbons (Fsp3) is 0.619. The van der Waals surface area contributed by atoms with Crippen LogP contribution in [0, 0.1) is 17.8 Å². The van der Waals surface area contributed by atoms with Crippen molar-refractivity contribution in [3.05, 3.63) is 41.7 Å². The monoisotopic (exact) mass is 357 g/mol. The van der Waals surface area contributed by atoms with Gasteiger partial charge in [-0.3, -0.25) is 0 Å². The molecule has 3 heteroatoms. The molecule has 4 rings (SSSR count). The summed E-state index contributed by atoms with van der Waals surface area (Å²) >= 11 is 0. The number of fused-ring (bicyclic) bond motifs is 3. The van der Waals surface area contributed by atoms with Crippen LogP contribution in [0.1, 0.15) is 32.6 Å². The van der Waals surface area contributed by atoms with E-state index in [0.717, 1.165) is 29.0 Å². The van der Waals surface area contributed by atoms with Crippen LogP contribution in [-0.2, 0) is 0 Å². The van der Waals surface area contributed by atoms with E-state index in [1.807, 2.05) is 0 Å². The summed E-state index contributed by atoms with van der Waals surface area (Å²) in [6.45, 7) is 7.62. The average molecular weight is 358 g/mol. The lowest BCUT2D eigenvalue weighted by atomic mass is 9.78. The summed E-state index contributed by atoms with van der Waals surface area (Å²) in [5, 5.41) is 3.33. The van der Waals surface area contributed by atoms with Gasteiger partial charge in [0.2, 0.25) is 0 Å². The Morgan fingerprint density at radius 2 is 1.71 bits per heavy atom. The molecular weight excluding hydrogens is 325 g/mol. The highest BCUT2D eigenvalue weighted by Crippen LogP contribution is 2.71. The highest BCUT2D eigenvalue weighted by Gasteiger charge is 2.59. The molecule has 0 saturated heterocycles. The molecular formula is C21H32NPSi. The van der Waals surface area contributed by atoms with Gasteiger partial charge in [-0.1, -0.05) is 68.8 Å². The average Bonchev–Trinajstić information content (AvgIpc) is 3.08. The van der Waals surface area contributed by atoms with E-state index in [1.54, 1.807) is 10.6 Å². The van der Waals surface area contributed by atoms with Crippen LogP contribution in [0.15, 0.2) is 41.7 Å². The third kappa shape index (κ3) is 2.57. The molecule has 1 nitrogen and oxygen atoms in total. The molecule has 2 aliphatic carbocycles. The largest absolute Gasteiger partial charge is 0.340 e. The number of hydrogen-bond donors (Lipinski definition) is 1. The molecule has 0 bridgehead atoms. The lowest BCUT2D eigenvalue weighted by Crippen LogP contribution is -2.51. The molecule has 0 radical (unpaired) electrons. The molecule has 1 N–H and O–H groups in total. The van der Waals surface area contributed by atoms with Gasteiger partial charge in [0.15, 0.2) is 0 Å². The van der Waals surface area contributed by atoms with Crippen molar-refractivity contribution in [2.75, 3.05) is 7.05 Å². The minimum absolute atomic E-state index is 0.132. The SMILES string of the molecule is CN[Si](C)(C)C1C2CCCCC2C2C=C(C)P(c3ccccc3)C21. The van der Waals surface area contributed by atoms with Crippen LogP contribution in [0.3, 0.4) is 0 Å². The fourth-order valence-electron chi connectivity index (χ4n) is 6.10. The molecule has 3 aliphatic rings. The maximum absolute atomic E-state index is 3.84. The lowest BCUT2D eigenvalue weighted by Gasteiger charge is -2.41. The van der Waals surface area contributed by atoms with Crippen LogP contribution >= 0.6 is 7.92 Å². The molecule has 1 aromatic carbocycles. The molecule has 6 unspecified atom stereocenters. The van der Waals surface area contributed by atoms with Gasteiger partial charge in [0.1, 0.15) is 8.24 Å². The van der Waals surface area contributed by atoms with E-state index in [1.165, 1.54) is 25.7 Å². The van der Waals surface area contributed by atoms with Gasteiger partial charge in [-0.2, -0.15) is 0 Å². The maximum Gasteiger partial charge on any atom is 0.123 e. The summed E-state index contributed by atoms with van der Waals surface area (Å²) < 4.78 is 0. The van der Waals surface area contributed by atoms with E-state index in [0.29, 0.717) is 0 Å². The zero-order chi connectivity index (χ0) is 16.9. The standard InChI is InChI=1S/C21H32NPSi/c1-15-14-19-17-12-8-9-13-18(17)21(24(3,4)22-2)20(19)23(15)16-10-6-5-7-11-16/h5-7,10-11,14,17-22H,8-9,12-13H2,1-4H3. The third-order valence-corrected chi connectivity index (χ3v) is 14.3. The molecule has 24 heavy (non-hydrogen) atoms. The predicted molar refractivity (Wildman–Crippen MR) is 110 cm³/mol. The first-order valence-corrected chi connectivity index (χ1v) is 14.2. The topological polar surface area (TPSA) is 12.0 Å². The van der Waals surface area contributed by atoms with E-state index in [2.05, 4.69) is 68.5 Å². The van der Waals surface area contributed by atoms with E-state index in [9.17, 15) is 0 Å². The molecule has 1 heterocycles. The van der Waals surface area contributed by atoms with E-state index in [4.69, 9.17) is 0 Å². The van der Waals surface area contributed by atoms with E-state index < -0.39 is 8.24 Å². The number of hydrogen-bond acceptors (Lipinski definition) is 1. The first-order valence-electron chi connectivity index (χ1n) is 9.76. The summed E-state index contributed by atoms with van der Waals surface area (Å²) in [6.07, 6.45) is 8.64. The van der Waals surface area contributed by atoms with Gasteiger partial charge in [-0.15, -0.1) is 0 Å². The second-order valence-corrected chi connectivity index (χ2v) is 15.9. The number of benzene rings is 1. The molecule has 2 saturated carbocycles. The van der Waals surface area contributed by atoms with Gasteiger partial charge < -0.3 is 4.98 Å². The Labute approximate surface area is 150 Å². The van der Waals surface area contributed by atoms with Crippen molar-refractivity contribution in [2.45, 2.75) is 56.9 Å². The molecule has 0 spiro atoms. The number of allylic oxidation sites excluding steroid dienone is 2. The molecule has 0 aromatic heterocycles. The van der Waals surface area contributed by atoms with Gasteiger partial charge in [-0.05, 0) is 67.9 Å². The van der Waals surface area contributed by atoms with E-state index >= 15 is 0 Å². The van der Waals surface area contributed by atoms with Crippen LogP contribution in [0.25, 0.3) is 0 Å². The molecule has 130 valence electrons. The summed E-state index contributed by atoms with van der Waals surface area (Å²) in [6, 6.07) is 11.5. The Hall–Kier alpha value is -0.433. The number of rotatable bonds is 3. The zero-order valence-corrected chi connectivity index (χ0v) is 17.5. The Morgan fingerprint density at radius 1 is 1.04 bits per heavy atom. The lowest BCUT2D eigenvalue weighted by molar-refractivity contribution is 0.248. The highest BCUT2D eigenvalue weighted by atomic mass is 31.1. The van der Waals surface area contributed by atoms with Crippen LogP contribution in [-0.4, -0.2) is 20.9 Å². The molecule has 0 amide bonds. The quantitative estimate of drug-likeness (QED) is 0.571. The highest BCUT2D eigenvalue weighted by molar-refractivity contribution is 7.70. The van der Waals surface area contributed by atoms with Gasteiger partial charge in [0, 0.05) is 0 Å². The molecule has 1 aromatic rings. The van der Waals surface area contributed by atoms with Crippen molar-refractivity contribution >= 4 is 21.5 Å². The van der Waals surface area contributed by atoms with Gasteiger partial charge in [-0.25, -0.2) is 0 Å². The van der Waals surface area contributed by atoms with Gasteiger partial charge >= 0.3 is 0 Å². The Balaban J connectivity index is 1.78. The normalized spacial score (nSPS) is 38.6. The first-order chi connectivity index (χ1) is 11.5. The Kier molecular flexibility index (Phi) is 4.52. The first kappa shape index (κ1) is 17.0. The van der Waals surface area contributed by atoms with Crippen molar-refractivity contribution in [3.63, 3.8) is 0 Å². The smallest absolute Gasteiger partial charge is 0.123 e. The second-order valence-electron chi connectivity index (χ2n) is 8.69. The number of nitrogens with one attached hydrogen (secondary N) is 1. The van der Waals surface area contributed by atoms with Crippen LogP contribution in [0.2, 0.25) is 18.6 Å². The minimum atomic E-state index is -1.41. The van der Waals surface area contributed by atoms with Crippen molar-refractivity contribution in [1.82, 2.24) is 4.98 Å². The van der Waals surface area contributed by atoms with Crippen molar-refractivity contribution in [2.24, 2.45) is 17.8 Å². The van der Waals surface area contributed by atoms with Gasteiger partial charge in [0.25, 0.3) is 0 Å². The molecule has 6 atom stereocenters. The minimum Gasteiger partial charge on any atom is -0.340 e. The van der Waals surface area contributed by atoms with Crippen LogP contribution in [0.4, 0.5) is 0 Å². The zero-order valence-electron chi connectivity index (χ0n) is 15.6. The van der Waals surface area contributed by atoms with Crippen LogP contribution in [0.5, 0.6) is 0 Å². The molecule has 2 fully saturated rings. The van der Waals surface area contributed by atoms with Crippen molar-refractivity contribution < 1.29 is 0 Å². The van der Waals surface area contributed by atoms with E-state index in [-0.39, 0.29) is 7.92 Å². The third-order valence-electron chi connectivity index (χ3n) is 7.22. The molecule has 1 aliphatic heterocycles. The maximum atomic E-state index is 3.84. The Bertz CT molecular complexity index is 626. The summed E-state index contributed by atoms with van der Waals surface area (Å²) in [4.78, 5) is 3.84. The predicted octanol–water partition coefficient (Wildman–Crippen LogP) is 5.31. The van der Waals surface area contributed by atoms with Crippen molar-refractivity contribution in [1.29, 1.82) is 0 Å². The van der Waals surface area contributed by atoms with Crippen LogP contribution < -0.4 is 10.3 Å². The van der Waals surface area contributed by atoms with Crippen molar-refractivity contribution in [3.8, 4) is 0 Å². The Morgan fingerprint density at radius 3 is 2.38 bits per heavy atom. The summed E-state index contributed by atoms with van der Waals surface area (Å²) in [5.74, 6) is 2.83. The summed E-state index contributed by atoms with van der Waals surface area (Å²) in [5.41, 5.74) is 1.85. The fourth-order valence-corrected chi connectivity index (χ4v) is 13.8. The van der Waals surface area contributed by atoms with Gasteiger partial charge in [0.05, 0.1) is 0 Å². The summed E-state index contributed by atoms with van der Waals surface area (Å²) in [7, 11) is 0.692.